The molecule has 0 radical (unpaired) electrons. The number of nitrogens with zero attached hydrogens (tertiary/aromatic N) is 1. The zero-order chi connectivity index (χ0) is 14.3. The molecular weight excluding hydrogens is 260 g/mol. The summed E-state index contributed by atoms with van der Waals surface area (Å²) in [7, 11) is 0. The van der Waals surface area contributed by atoms with E-state index >= 15 is 0 Å². The average molecular weight is 273 g/mol. The fourth-order valence-corrected chi connectivity index (χ4v) is 2.43. The molecule has 102 valence electrons. The fourth-order valence-electron chi connectivity index (χ4n) is 2.43. The summed E-state index contributed by atoms with van der Waals surface area (Å²) in [4.78, 5) is 13.8. The molecule has 3 rings (SSSR count). The molecule has 2 aromatic rings. The molecule has 2 aromatic carbocycles. The van der Waals surface area contributed by atoms with Crippen molar-refractivity contribution in [1.82, 2.24) is 4.90 Å². The molecule has 1 heterocycles. The number of aryl methyl sites for hydroxylation is 1. The summed E-state index contributed by atoms with van der Waals surface area (Å²) >= 11 is 0. The van der Waals surface area contributed by atoms with E-state index in [0.29, 0.717) is 29.8 Å². The van der Waals surface area contributed by atoms with Crippen LogP contribution in [0.5, 0.6) is 0 Å². The van der Waals surface area contributed by atoms with Crippen molar-refractivity contribution in [3.8, 4) is 0 Å². The molecule has 2 nitrogen and oxygen atoms in total. The van der Waals surface area contributed by atoms with E-state index in [4.69, 9.17) is 0 Å². The molecule has 0 atom stereocenters. The fraction of sp³-hybridized carbons (Fsp3) is 0.188. The van der Waals surface area contributed by atoms with Gasteiger partial charge in [-0.15, -0.1) is 0 Å². The van der Waals surface area contributed by atoms with Crippen molar-refractivity contribution in [2.45, 2.75) is 20.0 Å². The molecule has 1 aliphatic heterocycles. The number of carbonyl (C=O) groups excluding carboxylic acids is 1. The first-order valence-corrected chi connectivity index (χ1v) is 6.37. The van der Waals surface area contributed by atoms with Crippen molar-refractivity contribution in [1.29, 1.82) is 0 Å². The number of hydrogen-bond acceptors (Lipinski definition) is 1. The van der Waals surface area contributed by atoms with Crippen LogP contribution in [0.4, 0.5) is 8.78 Å². The number of carbonyl (C=O) groups is 1. The lowest BCUT2D eigenvalue weighted by Gasteiger charge is -2.15. The number of halogens is 2. The summed E-state index contributed by atoms with van der Waals surface area (Å²) in [6, 6.07) is 9.09. The first-order valence-electron chi connectivity index (χ1n) is 6.37. The Morgan fingerprint density at radius 3 is 2.70 bits per heavy atom. The second-order valence-electron chi connectivity index (χ2n) is 5.05. The Morgan fingerprint density at radius 1 is 1.15 bits per heavy atom. The first-order chi connectivity index (χ1) is 9.54. The lowest BCUT2D eigenvalue weighted by atomic mass is 10.1. The van der Waals surface area contributed by atoms with Gasteiger partial charge in [0.25, 0.3) is 5.91 Å². The largest absolute Gasteiger partial charge is 0.330 e. The van der Waals surface area contributed by atoms with Gasteiger partial charge in [-0.3, -0.25) is 4.79 Å². The van der Waals surface area contributed by atoms with E-state index in [9.17, 15) is 13.6 Å². The molecule has 0 bridgehead atoms. The van der Waals surface area contributed by atoms with Crippen LogP contribution in [-0.2, 0) is 13.1 Å². The van der Waals surface area contributed by atoms with E-state index in [-0.39, 0.29) is 17.5 Å². The summed E-state index contributed by atoms with van der Waals surface area (Å²) < 4.78 is 26.7. The second kappa shape index (κ2) is 4.71. The van der Waals surface area contributed by atoms with Gasteiger partial charge >= 0.3 is 0 Å². The maximum atomic E-state index is 13.5. The Morgan fingerprint density at radius 2 is 1.95 bits per heavy atom. The normalized spacial score (nSPS) is 13.8. The van der Waals surface area contributed by atoms with Gasteiger partial charge in [0.1, 0.15) is 11.6 Å². The van der Waals surface area contributed by atoms with Crippen LogP contribution in [0.25, 0.3) is 0 Å². The van der Waals surface area contributed by atoms with Crippen LogP contribution >= 0.6 is 0 Å². The number of benzene rings is 2. The van der Waals surface area contributed by atoms with Gasteiger partial charge < -0.3 is 4.90 Å². The topological polar surface area (TPSA) is 20.3 Å². The molecule has 0 N–H and O–H groups in total. The van der Waals surface area contributed by atoms with E-state index in [2.05, 4.69) is 0 Å². The standard InChI is InChI=1S/C16H13F2NO/c1-10-2-3-11(6-15(10)18)8-19-9-12-7-13(17)4-5-14(12)16(19)20/h2-7H,8-9H2,1H3. The molecule has 0 unspecified atom stereocenters. The van der Waals surface area contributed by atoms with Crippen LogP contribution in [0.15, 0.2) is 36.4 Å². The van der Waals surface area contributed by atoms with Gasteiger partial charge in [-0.2, -0.15) is 0 Å². The molecule has 0 fully saturated rings. The van der Waals surface area contributed by atoms with E-state index < -0.39 is 0 Å². The van der Waals surface area contributed by atoms with Gasteiger partial charge in [0.2, 0.25) is 0 Å². The molecule has 1 amide bonds. The Hall–Kier alpha value is -2.23. The molecule has 1 aliphatic rings. The quantitative estimate of drug-likeness (QED) is 0.821. The third kappa shape index (κ3) is 2.18. The molecule has 0 spiro atoms. The predicted octanol–water partition coefficient (Wildman–Crippen LogP) is 3.43. The van der Waals surface area contributed by atoms with Gasteiger partial charge in [0, 0.05) is 18.7 Å². The number of hydrogen-bond donors (Lipinski definition) is 0. The van der Waals surface area contributed by atoms with E-state index in [0.717, 1.165) is 5.56 Å². The lowest BCUT2D eigenvalue weighted by molar-refractivity contribution is 0.0766. The van der Waals surface area contributed by atoms with Gasteiger partial charge in [-0.05, 0) is 47.9 Å². The highest BCUT2D eigenvalue weighted by Crippen LogP contribution is 2.25. The van der Waals surface area contributed by atoms with Crippen molar-refractivity contribution in [2.24, 2.45) is 0 Å². The summed E-state index contributed by atoms with van der Waals surface area (Å²) in [5.74, 6) is -0.765. The van der Waals surface area contributed by atoms with Crippen LogP contribution in [0.1, 0.15) is 27.0 Å². The zero-order valence-corrected chi connectivity index (χ0v) is 11.0. The number of amides is 1. The predicted molar refractivity (Wildman–Crippen MR) is 71.1 cm³/mol. The van der Waals surface area contributed by atoms with E-state index in [1.165, 1.54) is 24.3 Å². The highest BCUT2D eigenvalue weighted by molar-refractivity contribution is 5.98. The minimum atomic E-state index is -0.347. The summed E-state index contributed by atoms with van der Waals surface area (Å²) in [6.45, 7) is 2.38. The number of rotatable bonds is 2. The third-order valence-electron chi connectivity index (χ3n) is 3.56. The van der Waals surface area contributed by atoms with E-state index in [1.807, 2.05) is 0 Å². The molecule has 0 saturated heterocycles. The van der Waals surface area contributed by atoms with Crippen molar-refractivity contribution < 1.29 is 13.6 Å². The van der Waals surface area contributed by atoms with Gasteiger partial charge in [0.05, 0.1) is 0 Å². The monoisotopic (exact) mass is 273 g/mol. The molecule has 4 heteroatoms. The Bertz CT molecular complexity index is 697. The SMILES string of the molecule is Cc1ccc(CN2Cc3cc(F)ccc3C2=O)cc1F. The van der Waals surface area contributed by atoms with Crippen molar-refractivity contribution in [3.05, 3.63) is 70.3 Å². The van der Waals surface area contributed by atoms with Crippen LogP contribution in [0.2, 0.25) is 0 Å². The Balaban J connectivity index is 1.83. The van der Waals surface area contributed by atoms with Crippen molar-refractivity contribution in [2.75, 3.05) is 0 Å². The minimum absolute atomic E-state index is 0.138. The molecule has 20 heavy (non-hydrogen) atoms. The van der Waals surface area contributed by atoms with Crippen LogP contribution in [0, 0.1) is 18.6 Å². The first kappa shape index (κ1) is 12.8. The maximum absolute atomic E-state index is 13.5. The molecular formula is C16H13F2NO. The second-order valence-corrected chi connectivity index (χ2v) is 5.05. The van der Waals surface area contributed by atoms with Crippen molar-refractivity contribution in [3.63, 3.8) is 0 Å². The Kier molecular flexibility index (Phi) is 3.01. The Labute approximate surface area is 115 Å². The average Bonchev–Trinajstić information content (AvgIpc) is 2.70. The molecule has 0 aromatic heterocycles. The number of fused-ring (bicyclic) bond motifs is 1. The van der Waals surface area contributed by atoms with Crippen LogP contribution in [-0.4, -0.2) is 10.8 Å². The van der Waals surface area contributed by atoms with E-state index in [1.54, 1.807) is 24.0 Å². The van der Waals surface area contributed by atoms with Gasteiger partial charge in [-0.1, -0.05) is 12.1 Å². The van der Waals surface area contributed by atoms with Gasteiger partial charge in [0.15, 0.2) is 0 Å². The summed E-state index contributed by atoms with van der Waals surface area (Å²) in [5.41, 5.74) is 2.52. The van der Waals surface area contributed by atoms with Gasteiger partial charge in [-0.25, -0.2) is 8.78 Å². The minimum Gasteiger partial charge on any atom is -0.330 e. The maximum Gasteiger partial charge on any atom is 0.254 e. The molecule has 0 saturated carbocycles. The molecule has 0 aliphatic carbocycles. The van der Waals surface area contributed by atoms with Crippen LogP contribution < -0.4 is 0 Å². The third-order valence-corrected chi connectivity index (χ3v) is 3.56. The smallest absolute Gasteiger partial charge is 0.254 e. The van der Waals surface area contributed by atoms with Crippen molar-refractivity contribution >= 4 is 5.91 Å². The lowest BCUT2D eigenvalue weighted by Crippen LogP contribution is -2.23. The van der Waals surface area contributed by atoms with Crippen LogP contribution in [0.3, 0.4) is 0 Å². The highest BCUT2D eigenvalue weighted by Gasteiger charge is 2.27. The highest BCUT2D eigenvalue weighted by atomic mass is 19.1. The zero-order valence-electron chi connectivity index (χ0n) is 11.0. The summed E-state index contributed by atoms with van der Waals surface area (Å²) in [5, 5.41) is 0. The summed E-state index contributed by atoms with van der Waals surface area (Å²) in [6.07, 6.45) is 0.